The van der Waals surface area contributed by atoms with Crippen LogP contribution in [0.25, 0.3) is 22.2 Å². The van der Waals surface area contributed by atoms with Crippen LogP contribution in [0.15, 0.2) is 73.6 Å². The number of amides is 1. The largest absolute Gasteiger partial charge is 0.457 e. The lowest BCUT2D eigenvalue weighted by Crippen LogP contribution is -2.61. The fourth-order valence-electron chi connectivity index (χ4n) is 5.95. The maximum Gasteiger partial charge on any atom is 0.246 e. The van der Waals surface area contributed by atoms with Crippen molar-refractivity contribution in [3.8, 4) is 34.5 Å². The molecule has 1 amide bonds. The van der Waals surface area contributed by atoms with Crippen LogP contribution in [0.5, 0.6) is 11.5 Å². The number of para-hydroxylation sites is 1. The molecular weight excluding hydrogens is 524 g/mol. The van der Waals surface area contributed by atoms with Gasteiger partial charge in [0.25, 0.3) is 0 Å². The zero-order valence-electron chi connectivity index (χ0n) is 24.2. The van der Waals surface area contributed by atoms with Crippen molar-refractivity contribution >= 4 is 22.8 Å². The number of carbonyl (C=O) groups is 1. The number of carbonyl (C=O) groups excluding carboxylic acids is 1. The SMILES string of the molecule is C=CC(=O)N1CC(N2CCC(C#Cc3c(-c4ccc(Oc5ccccc5)cc4)c4c(N)ncnc4n3C(C)C)CC2)C1. The van der Waals surface area contributed by atoms with E-state index in [-0.39, 0.29) is 11.9 Å². The summed E-state index contributed by atoms with van der Waals surface area (Å²) in [5, 5.41) is 0.825. The zero-order chi connectivity index (χ0) is 29.2. The van der Waals surface area contributed by atoms with Crippen molar-refractivity contribution in [1.29, 1.82) is 0 Å². The molecule has 2 aromatic carbocycles. The number of ether oxygens (including phenoxy) is 1. The summed E-state index contributed by atoms with van der Waals surface area (Å²) in [6.45, 7) is 11.4. The lowest BCUT2D eigenvalue weighted by Gasteiger charge is -2.47. The Morgan fingerprint density at radius 1 is 1.05 bits per heavy atom. The molecule has 6 rings (SSSR count). The van der Waals surface area contributed by atoms with Crippen molar-refractivity contribution < 1.29 is 9.53 Å². The molecule has 0 atom stereocenters. The molecule has 42 heavy (non-hydrogen) atoms. The van der Waals surface area contributed by atoms with Crippen LogP contribution in [0.3, 0.4) is 0 Å². The number of hydrogen-bond donors (Lipinski definition) is 1. The number of benzene rings is 2. The van der Waals surface area contributed by atoms with Crippen molar-refractivity contribution in [2.75, 3.05) is 31.9 Å². The van der Waals surface area contributed by atoms with E-state index in [1.54, 1.807) is 0 Å². The second kappa shape index (κ2) is 11.7. The van der Waals surface area contributed by atoms with Gasteiger partial charge in [0.05, 0.1) is 5.39 Å². The summed E-state index contributed by atoms with van der Waals surface area (Å²) in [4.78, 5) is 25.2. The zero-order valence-corrected chi connectivity index (χ0v) is 24.2. The van der Waals surface area contributed by atoms with Crippen LogP contribution in [0.4, 0.5) is 5.82 Å². The van der Waals surface area contributed by atoms with E-state index in [0.717, 1.165) is 78.4 Å². The van der Waals surface area contributed by atoms with Gasteiger partial charge < -0.3 is 19.9 Å². The lowest BCUT2D eigenvalue weighted by atomic mass is 9.94. The molecule has 8 heteroatoms. The minimum Gasteiger partial charge on any atom is -0.457 e. The normalized spacial score (nSPS) is 16.2. The Morgan fingerprint density at radius 3 is 2.40 bits per heavy atom. The van der Waals surface area contributed by atoms with E-state index in [0.29, 0.717) is 17.8 Å². The van der Waals surface area contributed by atoms with E-state index in [9.17, 15) is 4.79 Å². The van der Waals surface area contributed by atoms with Gasteiger partial charge in [0.2, 0.25) is 5.91 Å². The number of nitrogen functional groups attached to an aromatic ring is 1. The first-order valence-electron chi connectivity index (χ1n) is 14.6. The minimum absolute atomic E-state index is 0.0204. The Kier molecular flexibility index (Phi) is 7.68. The fraction of sp³-hybridized carbons (Fsp3) is 0.324. The van der Waals surface area contributed by atoms with Gasteiger partial charge in [0.1, 0.15) is 35.0 Å². The van der Waals surface area contributed by atoms with Crippen molar-refractivity contribution in [2.24, 2.45) is 5.92 Å². The highest BCUT2D eigenvalue weighted by Crippen LogP contribution is 2.39. The molecule has 0 bridgehead atoms. The Labute approximate surface area is 246 Å². The van der Waals surface area contributed by atoms with E-state index < -0.39 is 0 Å². The van der Waals surface area contributed by atoms with E-state index >= 15 is 0 Å². The van der Waals surface area contributed by atoms with Gasteiger partial charge >= 0.3 is 0 Å². The van der Waals surface area contributed by atoms with Crippen LogP contribution in [-0.2, 0) is 4.79 Å². The van der Waals surface area contributed by atoms with Crippen molar-refractivity contribution in [1.82, 2.24) is 24.3 Å². The van der Waals surface area contributed by atoms with E-state index in [4.69, 9.17) is 10.5 Å². The molecule has 8 nitrogen and oxygen atoms in total. The molecule has 2 aliphatic heterocycles. The molecule has 214 valence electrons. The third kappa shape index (κ3) is 5.36. The molecule has 0 spiro atoms. The number of anilines is 1. The van der Waals surface area contributed by atoms with Gasteiger partial charge in [-0.2, -0.15) is 0 Å². The summed E-state index contributed by atoms with van der Waals surface area (Å²) < 4.78 is 8.21. The highest BCUT2D eigenvalue weighted by molar-refractivity contribution is 6.03. The van der Waals surface area contributed by atoms with Crippen LogP contribution >= 0.6 is 0 Å². The Hall–Kier alpha value is -4.61. The fourth-order valence-corrected chi connectivity index (χ4v) is 5.95. The number of piperidine rings is 1. The summed E-state index contributed by atoms with van der Waals surface area (Å²) in [7, 11) is 0. The Bertz CT molecular complexity index is 1650. The van der Waals surface area contributed by atoms with Gasteiger partial charge in [0, 0.05) is 36.7 Å². The lowest BCUT2D eigenvalue weighted by molar-refractivity contribution is -0.133. The van der Waals surface area contributed by atoms with Crippen molar-refractivity contribution in [3.63, 3.8) is 0 Å². The molecule has 2 N–H and O–H groups in total. The monoisotopic (exact) mass is 560 g/mol. The smallest absolute Gasteiger partial charge is 0.246 e. The predicted octanol–water partition coefficient (Wildman–Crippen LogP) is 5.51. The third-order valence-electron chi connectivity index (χ3n) is 8.24. The third-order valence-corrected chi connectivity index (χ3v) is 8.24. The number of hydrogen-bond acceptors (Lipinski definition) is 6. The molecule has 2 saturated heterocycles. The minimum atomic E-state index is 0.0204. The van der Waals surface area contributed by atoms with Gasteiger partial charge in [-0.1, -0.05) is 42.8 Å². The molecular formula is C34H36N6O2. The van der Waals surface area contributed by atoms with Gasteiger partial charge in [-0.3, -0.25) is 9.69 Å². The van der Waals surface area contributed by atoms with Crippen LogP contribution < -0.4 is 10.5 Å². The van der Waals surface area contributed by atoms with E-state index in [1.165, 1.54) is 12.4 Å². The number of fused-ring (bicyclic) bond motifs is 1. The second-order valence-corrected chi connectivity index (χ2v) is 11.3. The van der Waals surface area contributed by atoms with Crippen LogP contribution in [0.2, 0.25) is 0 Å². The average Bonchev–Trinajstić information content (AvgIpc) is 3.32. The van der Waals surface area contributed by atoms with Crippen LogP contribution in [0.1, 0.15) is 38.4 Å². The first-order valence-corrected chi connectivity index (χ1v) is 14.6. The summed E-state index contributed by atoms with van der Waals surface area (Å²) in [6, 6.07) is 18.3. The second-order valence-electron chi connectivity index (χ2n) is 11.3. The first-order chi connectivity index (χ1) is 20.4. The predicted molar refractivity (Wildman–Crippen MR) is 166 cm³/mol. The van der Waals surface area contributed by atoms with E-state index in [2.05, 4.69) is 51.7 Å². The molecule has 0 radical (unpaired) electrons. The highest BCUT2D eigenvalue weighted by Gasteiger charge is 2.35. The van der Waals surface area contributed by atoms with Gasteiger partial charge in [-0.15, -0.1) is 0 Å². The molecule has 4 heterocycles. The van der Waals surface area contributed by atoms with Gasteiger partial charge in [-0.25, -0.2) is 9.97 Å². The topological polar surface area (TPSA) is 89.5 Å². The molecule has 2 aliphatic rings. The van der Waals surface area contributed by atoms with Crippen molar-refractivity contribution in [3.05, 3.63) is 79.3 Å². The number of likely N-dealkylation sites (tertiary alicyclic amines) is 2. The van der Waals surface area contributed by atoms with Gasteiger partial charge in [-0.05, 0) is 81.6 Å². The number of aromatic nitrogens is 3. The molecule has 2 fully saturated rings. The standard InChI is InChI=1S/C34H36N6O2/c1-4-30(41)39-20-26(21-39)38-18-16-24(17-19-38)10-15-29-31(32-33(35)36-22-37-34(32)40(29)23(2)3)25-11-13-28(14-12-25)42-27-8-6-5-7-9-27/h4-9,11-14,22-24,26H,1,16-21H2,2-3H3,(H2,35,36,37). The summed E-state index contributed by atoms with van der Waals surface area (Å²) in [5.41, 5.74) is 10.1. The summed E-state index contributed by atoms with van der Waals surface area (Å²) in [5.74, 6) is 9.49. The molecule has 0 aliphatic carbocycles. The van der Waals surface area contributed by atoms with Crippen LogP contribution in [-0.4, -0.2) is 62.5 Å². The maximum absolute atomic E-state index is 11.8. The Balaban J connectivity index is 1.28. The van der Waals surface area contributed by atoms with Crippen LogP contribution in [0, 0.1) is 17.8 Å². The summed E-state index contributed by atoms with van der Waals surface area (Å²) in [6.07, 6.45) is 4.93. The molecule has 2 aromatic heterocycles. The number of nitrogens with zero attached hydrogens (tertiary/aromatic N) is 5. The number of rotatable bonds is 6. The average molecular weight is 561 g/mol. The maximum atomic E-state index is 11.8. The molecule has 0 saturated carbocycles. The number of nitrogens with two attached hydrogens (primary N) is 1. The Morgan fingerprint density at radius 2 is 1.74 bits per heavy atom. The van der Waals surface area contributed by atoms with Crippen molar-refractivity contribution in [2.45, 2.75) is 38.8 Å². The summed E-state index contributed by atoms with van der Waals surface area (Å²) >= 11 is 0. The highest BCUT2D eigenvalue weighted by atomic mass is 16.5. The quantitative estimate of drug-likeness (QED) is 0.247. The molecule has 4 aromatic rings. The van der Waals surface area contributed by atoms with Gasteiger partial charge in [0.15, 0.2) is 0 Å². The molecule has 0 unspecified atom stereocenters. The van der Waals surface area contributed by atoms with E-state index in [1.807, 2.05) is 59.5 Å². The first kappa shape index (κ1) is 27.6.